The fourth-order valence-electron chi connectivity index (χ4n) is 3.12. The van der Waals surface area contributed by atoms with Crippen molar-refractivity contribution in [3.8, 4) is 0 Å². The maximum atomic E-state index is 13.1. The van der Waals surface area contributed by atoms with Crippen molar-refractivity contribution in [2.45, 2.75) is 38.7 Å². The van der Waals surface area contributed by atoms with E-state index in [1.807, 2.05) is 13.8 Å². The second-order valence-electron chi connectivity index (χ2n) is 6.92. The molecule has 10 heteroatoms. The zero-order valence-electron chi connectivity index (χ0n) is 17.5. The van der Waals surface area contributed by atoms with Gasteiger partial charge in [0.05, 0.1) is 24.2 Å². The number of halogens is 1. The fraction of sp³-hybridized carbons (Fsp3) is 0.550. The molecule has 168 valence electrons. The summed E-state index contributed by atoms with van der Waals surface area (Å²) in [5, 5.41) is 31.9. The highest BCUT2D eigenvalue weighted by Gasteiger charge is 2.42. The SMILES string of the molecule is CCN(CC)CCCN(C(=O)CC(O)(CC(=O)O)C(=O)O)c1cc(Cl)ccc1NC. The number of hydrogen-bond acceptors (Lipinski definition) is 6. The van der Waals surface area contributed by atoms with Crippen molar-refractivity contribution < 1.29 is 29.7 Å². The number of amides is 1. The molecule has 1 aromatic rings. The number of anilines is 2. The zero-order valence-corrected chi connectivity index (χ0v) is 18.3. The molecule has 0 aliphatic carbocycles. The molecule has 1 rings (SSSR count). The van der Waals surface area contributed by atoms with Crippen LogP contribution in [-0.2, 0) is 14.4 Å². The summed E-state index contributed by atoms with van der Waals surface area (Å²) < 4.78 is 0. The largest absolute Gasteiger partial charge is 0.481 e. The molecule has 0 aliphatic heterocycles. The second kappa shape index (κ2) is 11.7. The Morgan fingerprint density at radius 2 is 1.73 bits per heavy atom. The van der Waals surface area contributed by atoms with Gasteiger partial charge in [0.2, 0.25) is 5.91 Å². The van der Waals surface area contributed by atoms with E-state index in [2.05, 4.69) is 10.2 Å². The summed E-state index contributed by atoms with van der Waals surface area (Å²) in [6.07, 6.45) is -1.38. The van der Waals surface area contributed by atoms with E-state index in [0.29, 0.717) is 29.4 Å². The highest BCUT2D eigenvalue weighted by molar-refractivity contribution is 6.31. The summed E-state index contributed by atoms with van der Waals surface area (Å²) in [6, 6.07) is 4.90. The molecule has 0 saturated heterocycles. The van der Waals surface area contributed by atoms with Crippen molar-refractivity contribution in [1.29, 1.82) is 0 Å². The van der Waals surface area contributed by atoms with Gasteiger partial charge in [0.25, 0.3) is 0 Å². The van der Waals surface area contributed by atoms with E-state index in [0.717, 1.165) is 13.1 Å². The van der Waals surface area contributed by atoms with Crippen LogP contribution in [0, 0.1) is 0 Å². The van der Waals surface area contributed by atoms with Crippen molar-refractivity contribution >= 4 is 40.8 Å². The lowest BCUT2D eigenvalue weighted by atomic mass is 9.94. The Kier molecular flexibility index (Phi) is 10.0. The average Bonchev–Trinajstić information content (AvgIpc) is 2.67. The van der Waals surface area contributed by atoms with Crippen LogP contribution in [0.15, 0.2) is 18.2 Å². The maximum Gasteiger partial charge on any atom is 0.336 e. The number of carboxylic acids is 2. The molecule has 1 amide bonds. The van der Waals surface area contributed by atoms with Gasteiger partial charge in [0.15, 0.2) is 5.60 Å². The Balaban J connectivity index is 3.22. The van der Waals surface area contributed by atoms with E-state index >= 15 is 0 Å². The van der Waals surface area contributed by atoms with Gasteiger partial charge < -0.3 is 30.4 Å². The van der Waals surface area contributed by atoms with Gasteiger partial charge in [-0.05, 0) is 44.3 Å². The Labute approximate surface area is 181 Å². The number of aliphatic carboxylic acids is 2. The lowest BCUT2D eigenvalue weighted by Gasteiger charge is -2.29. The van der Waals surface area contributed by atoms with Gasteiger partial charge in [0.1, 0.15) is 0 Å². The smallest absolute Gasteiger partial charge is 0.336 e. The first-order valence-corrected chi connectivity index (χ1v) is 10.1. The van der Waals surface area contributed by atoms with Gasteiger partial charge in [0, 0.05) is 18.6 Å². The van der Waals surface area contributed by atoms with Gasteiger partial charge in [-0.25, -0.2) is 4.79 Å². The molecule has 9 nitrogen and oxygen atoms in total. The molecule has 0 heterocycles. The number of nitrogens with zero attached hydrogens (tertiary/aromatic N) is 2. The number of carboxylic acid groups (broad SMARTS) is 2. The molecule has 0 bridgehead atoms. The normalized spacial score (nSPS) is 13.0. The standard InChI is InChI=1S/C20H30ClN3O6/c1-4-23(5-2)9-6-10-24(16-11-14(21)7-8-15(16)22-3)17(25)12-20(30,19(28)29)13-18(26)27/h7-8,11,22,30H,4-6,9-10,12-13H2,1-3H3,(H,26,27)(H,28,29). The van der Waals surface area contributed by atoms with E-state index < -0.39 is 36.3 Å². The first-order valence-electron chi connectivity index (χ1n) is 9.75. The highest BCUT2D eigenvalue weighted by atomic mass is 35.5. The van der Waals surface area contributed by atoms with Crippen molar-refractivity contribution in [1.82, 2.24) is 4.90 Å². The molecule has 1 atom stereocenters. The Morgan fingerprint density at radius 1 is 1.10 bits per heavy atom. The third kappa shape index (κ3) is 7.16. The van der Waals surface area contributed by atoms with Crippen molar-refractivity contribution in [2.75, 3.05) is 43.4 Å². The van der Waals surface area contributed by atoms with E-state index in [9.17, 15) is 24.6 Å². The molecule has 0 aromatic heterocycles. The van der Waals surface area contributed by atoms with Crippen LogP contribution >= 0.6 is 11.6 Å². The molecule has 0 radical (unpaired) electrons. The monoisotopic (exact) mass is 443 g/mol. The predicted octanol–water partition coefficient (Wildman–Crippen LogP) is 2.13. The van der Waals surface area contributed by atoms with Gasteiger partial charge in [-0.1, -0.05) is 25.4 Å². The number of rotatable bonds is 13. The molecule has 4 N–H and O–H groups in total. The van der Waals surface area contributed by atoms with Crippen LogP contribution in [-0.4, -0.2) is 76.9 Å². The third-order valence-corrected chi connectivity index (χ3v) is 5.09. The summed E-state index contributed by atoms with van der Waals surface area (Å²) in [7, 11) is 1.67. The van der Waals surface area contributed by atoms with Gasteiger partial charge >= 0.3 is 11.9 Å². The molecular weight excluding hydrogens is 414 g/mol. The number of nitrogens with one attached hydrogen (secondary N) is 1. The fourth-order valence-corrected chi connectivity index (χ4v) is 3.29. The Hall–Kier alpha value is -2.36. The van der Waals surface area contributed by atoms with E-state index in [1.165, 1.54) is 4.90 Å². The third-order valence-electron chi connectivity index (χ3n) is 4.86. The van der Waals surface area contributed by atoms with E-state index in [4.69, 9.17) is 16.7 Å². The molecule has 0 spiro atoms. The molecular formula is C20H30ClN3O6. The lowest BCUT2D eigenvalue weighted by Crippen LogP contribution is -2.47. The summed E-state index contributed by atoms with van der Waals surface area (Å²) >= 11 is 6.11. The first-order chi connectivity index (χ1) is 14.1. The highest BCUT2D eigenvalue weighted by Crippen LogP contribution is 2.31. The van der Waals surface area contributed by atoms with Crippen LogP contribution < -0.4 is 10.2 Å². The van der Waals surface area contributed by atoms with Crippen LogP contribution in [0.1, 0.15) is 33.1 Å². The number of aliphatic hydroxyl groups is 1. The van der Waals surface area contributed by atoms with Crippen LogP contribution in [0.2, 0.25) is 5.02 Å². The minimum Gasteiger partial charge on any atom is -0.481 e. The summed E-state index contributed by atoms with van der Waals surface area (Å²) in [4.78, 5) is 39.1. The summed E-state index contributed by atoms with van der Waals surface area (Å²) in [6.45, 7) is 6.71. The average molecular weight is 444 g/mol. The summed E-state index contributed by atoms with van der Waals surface area (Å²) in [5.41, 5.74) is -1.69. The van der Waals surface area contributed by atoms with Crippen LogP contribution in [0.3, 0.4) is 0 Å². The molecule has 1 aromatic carbocycles. The first kappa shape index (κ1) is 25.7. The van der Waals surface area contributed by atoms with Crippen molar-refractivity contribution in [3.63, 3.8) is 0 Å². The minimum atomic E-state index is -2.71. The van der Waals surface area contributed by atoms with Gasteiger partial charge in [-0.15, -0.1) is 0 Å². The molecule has 0 saturated carbocycles. The number of hydrogen-bond donors (Lipinski definition) is 4. The second-order valence-corrected chi connectivity index (χ2v) is 7.36. The van der Waals surface area contributed by atoms with Crippen LogP contribution in [0.5, 0.6) is 0 Å². The topological polar surface area (TPSA) is 130 Å². The molecule has 30 heavy (non-hydrogen) atoms. The van der Waals surface area contributed by atoms with E-state index in [-0.39, 0.29) is 6.54 Å². The lowest BCUT2D eigenvalue weighted by molar-refractivity contribution is -0.167. The Bertz CT molecular complexity index is 756. The quantitative estimate of drug-likeness (QED) is 0.364. The maximum absolute atomic E-state index is 13.1. The minimum absolute atomic E-state index is 0.243. The van der Waals surface area contributed by atoms with Crippen molar-refractivity contribution in [3.05, 3.63) is 23.2 Å². The van der Waals surface area contributed by atoms with Crippen LogP contribution in [0.4, 0.5) is 11.4 Å². The van der Waals surface area contributed by atoms with Gasteiger partial charge in [-0.3, -0.25) is 9.59 Å². The Morgan fingerprint density at radius 3 is 2.23 bits per heavy atom. The predicted molar refractivity (Wildman–Crippen MR) is 115 cm³/mol. The molecule has 0 aliphatic rings. The zero-order chi connectivity index (χ0) is 22.9. The summed E-state index contributed by atoms with van der Waals surface area (Å²) in [5.74, 6) is -3.99. The van der Waals surface area contributed by atoms with Gasteiger partial charge in [-0.2, -0.15) is 0 Å². The van der Waals surface area contributed by atoms with Crippen LogP contribution in [0.25, 0.3) is 0 Å². The number of carbonyl (C=O) groups is 3. The van der Waals surface area contributed by atoms with Crippen molar-refractivity contribution in [2.24, 2.45) is 0 Å². The molecule has 1 unspecified atom stereocenters. The molecule has 0 fully saturated rings. The number of benzene rings is 1. The number of carbonyl (C=O) groups excluding carboxylic acids is 1. The van der Waals surface area contributed by atoms with E-state index in [1.54, 1.807) is 25.2 Å².